The molecule has 100 valence electrons. The summed E-state index contributed by atoms with van der Waals surface area (Å²) >= 11 is 3.30. The lowest BCUT2D eigenvalue weighted by Gasteiger charge is -2.13. The van der Waals surface area contributed by atoms with E-state index in [1.807, 2.05) is 0 Å². The molecule has 0 spiro atoms. The van der Waals surface area contributed by atoms with Crippen LogP contribution in [0.4, 0.5) is 25.8 Å². The number of nitrogen functional groups attached to an aromatic ring is 1. The fourth-order valence-electron chi connectivity index (χ4n) is 1.61. The Kier molecular flexibility index (Phi) is 3.90. The fourth-order valence-corrected chi connectivity index (χ4v) is 1.88. The first-order valence-electron chi connectivity index (χ1n) is 5.37. The molecule has 0 aliphatic heterocycles. The monoisotopic (exact) mass is 328 g/mol. The van der Waals surface area contributed by atoms with Gasteiger partial charge in [0.1, 0.15) is 5.69 Å². The standard InChI is InChI=1S/C13H11BrF2N2O/c1-19-13-9(15)6-10(17)12(11(13)16)18-8-4-2-7(14)3-5-8/h2-6,18H,17H2,1H3. The number of methoxy groups -OCH3 is 1. The Labute approximate surface area is 117 Å². The van der Waals surface area contributed by atoms with Crippen molar-refractivity contribution in [2.24, 2.45) is 0 Å². The van der Waals surface area contributed by atoms with Crippen LogP contribution >= 0.6 is 15.9 Å². The summed E-state index contributed by atoms with van der Waals surface area (Å²) in [7, 11) is 1.20. The predicted molar refractivity (Wildman–Crippen MR) is 74.7 cm³/mol. The van der Waals surface area contributed by atoms with E-state index in [1.54, 1.807) is 24.3 Å². The summed E-state index contributed by atoms with van der Waals surface area (Å²) < 4.78 is 33.0. The fraction of sp³-hybridized carbons (Fsp3) is 0.0769. The molecule has 0 aromatic heterocycles. The lowest BCUT2D eigenvalue weighted by molar-refractivity contribution is 0.361. The second-order valence-corrected chi connectivity index (χ2v) is 4.72. The van der Waals surface area contributed by atoms with Gasteiger partial charge in [0, 0.05) is 16.2 Å². The lowest BCUT2D eigenvalue weighted by atomic mass is 10.2. The number of hydrogen-bond donors (Lipinski definition) is 2. The maximum Gasteiger partial charge on any atom is 0.193 e. The Morgan fingerprint density at radius 2 is 1.84 bits per heavy atom. The van der Waals surface area contributed by atoms with Crippen LogP contribution in [0.5, 0.6) is 5.75 Å². The third-order valence-electron chi connectivity index (χ3n) is 2.52. The molecule has 0 heterocycles. The Balaban J connectivity index is 2.42. The first-order chi connectivity index (χ1) is 9.02. The highest BCUT2D eigenvalue weighted by Gasteiger charge is 2.18. The van der Waals surface area contributed by atoms with Crippen LogP contribution in [0.1, 0.15) is 0 Å². The first-order valence-corrected chi connectivity index (χ1v) is 6.16. The van der Waals surface area contributed by atoms with Crippen LogP contribution in [0.15, 0.2) is 34.8 Å². The van der Waals surface area contributed by atoms with Gasteiger partial charge in [-0.25, -0.2) is 8.78 Å². The number of halogens is 3. The molecule has 0 saturated carbocycles. The van der Waals surface area contributed by atoms with E-state index in [2.05, 4.69) is 26.0 Å². The van der Waals surface area contributed by atoms with Crippen LogP contribution in [-0.2, 0) is 0 Å². The largest absolute Gasteiger partial charge is 0.491 e. The third kappa shape index (κ3) is 2.78. The Bertz CT molecular complexity index is 603. The minimum Gasteiger partial charge on any atom is -0.491 e. The molecule has 2 aromatic carbocycles. The molecular weight excluding hydrogens is 318 g/mol. The van der Waals surface area contributed by atoms with Crippen LogP contribution in [0.3, 0.4) is 0 Å². The average molecular weight is 329 g/mol. The highest BCUT2D eigenvalue weighted by molar-refractivity contribution is 9.10. The highest BCUT2D eigenvalue weighted by Crippen LogP contribution is 2.35. The molecule has 6 heteroatoms. The number of nitrogens with one attached hydrogen (secondary N) is 1. The maximum absolute atomic E-state index is 14.0. The van der Waals surface area contributed by atoms with E-state index in [0.717, 1.165) is 10.5 Å². The van der Waals surface area contributed by atoms with Gasteiger partial charge in [0.15, 0.2) is 17.4 Å². The average Bonchev–Trinajstić information content (AvgIpc) is 2.37. The van der Waals surface area contributed by atoms with Gasteiger partial charge in [0.2, 0.25) is 0 Å². The van der Waals surface area contributed by atoms with E-state index in [1.165, 1.54) is 7.11 Å². The van der Waals surface area contributed by atoms with Gasteiger partial charge in [-0.3, -0.25) is 0 Å². The SMILES string of the molecule is COc1c(F)cc(N)c(Nc2ccc(Br)cc2)c1F. The molecule has 19 heavy (non-hydrogen) atoms. The summed E-state index contributed by atoms with van der Waals surface area (Å²) in [5, 5.41) is 2.80. The van der Waals surface area contributed by atoms with Gasteiger partial charge < -0.3 is 15.8 Å². The first kappa shape index (κ1) is 13.6. The second kappa shape index (κ2) is 5.44. The number of anilines is 3. The van der Waals surface area contributed by atoms with E-state index in [0.29, 0.717) is 5.69 Å². The molecule has 0 amide bonds. The van der Waals surface area contributed by atoms with Crippen LogP contribution in [0.2, 0.25) is 0 Å². The Morgan fingerprint density at radius 1 is 1.21 bits per heavy atom. The van der Waals surface area contributed by atoms with E-state index >= 15 is 0 Å². The van der Waals surface area contributed by atoms with Gasteiger partial charge in [-0.1, -0.05) is 15.9 Å². The van der Waals surface area contributed by atoms with Crippen molar-refractivity contribution in [3.8, 4) is 5.75 Å². The van der Waals surface area contributed by atoms with Crippen molar-refractivity contribution in [1.82, 2.24) is 0 Å². The molecule has 0 saturated heterocycles. The van der Waals surface area contributed by atoms with Gasteiger partial charge in [0.25, 0.3) is 0 Å². The highest BCUT2D eigenvalue weighted by atomic mass is 79.9. The third-order valence-corrected chi connectivity index (χ3v) is 3.05. The Hall–Kier alpha value is -1.82. The summed E-state index contributed by atoms with van der Waals surface area (Å²) in [5.41, 5.74) is 6.20. The number of rotatable bonds is 3. The van der Waals surface area contributed by atoms with Crippen LogP contribution in [0, 0.1) is 11.6 Å². The minimum atomic E-state index is -0.858. The van der Waals surface area contributed by atoms with E-state index in [4.69, 9.17) is 5.73 Å². The molecule has 0 aliphatic rings. The zero-order valence-electron chi connectivity index (χ0n) is 10.0. The van der Waals surface area contributed by atoms with E-state index in [-0.39, 0.29) is 11.4 Å². The van der Waals surface area contributed by atoms with Crippen LogP contribution < -0.4 is 15.8 Å². The topological polar surface area (TPSA) is 47.3 Å². The van der Waals surface area contributed by atoms with Crippen molar-refractivity contribution >= 4 is 33.0 Å². The van der Waals surface area contributed by atoms with Gasteiger partial charge in [0.05, 0.1) is 12.8 Å². The molecule has 0 aliphatic carbocycles. The van der Waals surface area contributed by atoms with Crippen molar-refractivity contribution in [2.75, 3.05) is 18.2 Å². The molecular formula is C13H11BrF2N2O. The summed E-state index contributed by atoms with van der Waals surface area (Å²) in [6.07, 6.45) is 0. The van der Waals surface area contributed by atoms with Crippen LogP contribution in [-0.4, -0.2) is 7.11 Å². The van der Waals surface area contributed by atoms with Gasteiger partial charge in [-0.15, -0.1) is 0 Å². The molecule has 2 rings (SSSR count). The molecule has 0 bridgehead atoms. The summed E-state index contributed by atoms with van der Waals surface area (Å²) in [6.45, 7) is 0. The summed E-state index contributed by atoms with van der Waals surface area (Å²) in [4.78, 5) is 0. The van der Waals surface area contributed by atoms with Gasteiger partial charge in [-0.2, -0.15) is 0 Å². The zero-order chi connectivity index (χ0) is 14.0. The van der Waals surface area contributed by atoms with E-state index in [9.17, 15) is 8.78 Å². The van der Waals surface area contributed by atoms with Gasteiger partial charge >= 0.3 is 0 Å². The van der Waals surface area contributed by atoms with Crippen molar-refractivity contribution in [3.63, 3.8) is 0 Å². The quantitative estimate of drug-likeness (QED) is 0.835. The number of benzene rings is 2. The summed E-state index contributed by atoms with van der Waals surface area (Å²) in [5.74, 6) is -2.16. The molecule has 0 unspecified atom stereocenters. The van der Waals surface area contributed by atoms with E-state index < -0.39 is 17.4 Å². The minimum absolute atomic E-state index is 0.0134. The molecule has 2 aromatic rings. The molecule has 3 N–H and O–H groups in total. The second-order valence-electron chi connectivity index (χ2n) is 3.80. The van der Waals surface area contributed by atoms with Crippen molar-refractivity contribution in [3.05, 3.63) is 46.4 Å². The number of ether oxygens (including phenoxy) is 1. The molecule has 0 atom stereocenters. The number of nitrogens with two attached hydrogens (primary N) is 1. The Morgan fingerprint density at radius 3 is 2.42 bits per heavy atom. The van der Waals surface area contributed by atoms with Crippen molar-refractivity contribution in [1.29, 1.82) is 0 Å². The molecule has 0 fully saturated rings. The number of hydrogen-bond acceptors (Lipinski definition) is 3. The maximum atomic E-state index is 14.0. The smallest absolute Gasteiger partial charge is 0.193 e. The lowest BCUT2D eigenvalue weighted by Crippen LogP contribution is -2.03. The molecule has 0 radical (unpaired) electrons. The zero-order valence-corrected chi connectivity index (χ0v) is 11.6. The van der Waals surface area contributed by atoms with Crippen molar-refractivity contribution in [2.45, 2.75) is 0 Å². The van der Waals surface area contributed by atoms with Crippen LogP contribution in [0.25, 0.3) is 0 Å². The predicted octanol–water partition coefficient (Wildman–Crippen LogP) is 4.06. The normalized spacial score (nSPS) is 10.3. The van der Waals surface area contributed by atoms with Gasteiger partial charge in [-0.05, 0) is 24.3 Å². The summed E-state index contributed by atoms with van der Waals surface area (Å²) in [6, 6.07) is 8.06. The van der Waals surface area contributed by atoms with Crippen molar-refractivity contribution < 1.29 is 13.5 Å². The molecule has 3 nitrogen and oxygen atoms in total.